The van der Waals surface area contributed by atoms with Crippen LogP contribution >= 0.6 is 24.0 Å². The van der Waals surface area contributed by atoms with E-state index >= 15 is 0 Å². The van der Waals surface area contributed by atoms with Crippen LogP contribution in [0.3, 0.4) is 0 Å². The summed E-state index contributed by atoms with van der Waals surface area (Å²) in [5.41, 5.74) is 6.39. The van der Waals surface area contributed by atoms with Crippen LogP contribution in [0.25, 0.3) is 0 Å². The predicted octanol–water partition coefficient (Wildman–Crippen LogP) is 2.97. The van der Waals surface area contributed by atoms with Crippen LogP contribution in [0.5, 0.6) is 0 Å². The zero-order chi connectivity index (χ0) is 15.7. The second kappa shape index (κ2) is 11.3. The van der Waals surface area contributed by atoms with E-state index in [4.69, 9.17) is 17.3 Å². The summed E-state index contributed by atoms with van der Waals surface area (Å²) >= 11 is 6.02. The summed E-state index contributed by atoms with van der Waals surface area (Å²) in [5, 5.41) is 5.60. The first-order valence-corrected chi connectivity index (χ1v) is 7.48. The molecule has 0 aliphatic rings. The third kappa shape index (κ3) is 7.11. The molecule has 0 bridgehead atoms. The maximum absolute atomic E-state index is 11.8. The molecule has 0 aliphatic heterocycles. The second-order valence-corrected chi connectivity index (χ2v) is 5.18. The highest BCUT2D eigenvalue weighted by Crippen LogP contribution is 2.21. The zero-order valence-corrected chi connectivity index (χ0v) is 14.2. The smallest absolute Gasteiger partial charge is 0.252 e. The molecule has 0 aliphatic carbocycles. The molecule has 1 aromatic carbocycles. The summed E-state index contributed by atoms with van der Waals surface area (Å²) in [6.07, 6.45) is 4.37. The minimum Gasteiger partial charge on any atom is -0.355 e. The van der Waals surface area contributed by atoms with Gasteiger partial charge >= 0.3 is 0 Å². The lowest BCUT2D eigenvalue weighted by molar-refractivity contribution is -0.116. The summed E-state index contributed by atoms with van der Waals surface area (Å²) in [6, 6.07) is 4.85. The van der Waals surface area contributed by atoms with Crippen molar-refractivity contribution in [3.63, 3.8) is 0 Å². The van der Waals surface area contributed by atoms with Crippen molar-refractivity contribution in [1.82, 2.24) is 5.32 Å². The molecule has 2 amide bonds. The Morgan fingerprint density at radius 2 is 1.86 bits per heavy atom. The molecule has 22 heavy (non-hydrogen) atoms. The van der Waals surface area contributed by atoms with Crippen LogP contribution in [0.1, 0.15) is 42.5 Å². The van der Waals surface area contributed by atoms with E-state index in [-0.39, 0.29) is 24.2 Å². The molecule has 0 saturated heterocycles. The van der Waals surface area contributed by atoms with Crippen molar-refractivity contribution in [2.75, 3.05) is 18.9 Å². The summed E-state index contributed by atoms with van der Waals surface area (Å²) in [5.74, 6) is -0.302. The Labute approximate surface area is 142 Å². The topological polar surface area (TPSA) is 84.2 Å². The quantitative estimate of drug-likeness (QED) is 0.632. The number of amides is 2. The molecule has 0 unspecified atom stereocenters. The van der Waals surface area contributed by atoms with Gasteiger partial charge in [0.1, 0.15) is 0 Å². The van der Waals surface area contributed by atoms with Gasteiger partial charge in [0.25, 0.3) is 5.91 Å². The number of hydrogen-bond acceptors (Lipinski definition) is 3. The number of carbonyl (C=O) groups excluding carboxylic acids is 2. The van der Waals surface area contributed by atoms with Crippen LogP contribution in [0.15, 0.2) is 18.2 Å². The Balaban J connectivity index is 0.00000441. The maximum Gasteiger partial charge on any atom is 0.252 e. The number of hydrogen-bond donors (Lipinski definition) is 3. The van der Waals surface area contributed by atoms with E-state index in [1.807, 2.05) is 0 Å². The monoisotopic (exact) mass is 347 g/mol. The van der Waals surface area contributed by atoms with Crippen molar-refractivity contribution in [3.05, 3.63) is 28.8 Å². The number of benzene rings is 1. The van der Waals surface area contributed by atoms with Crippen LogP contribution in [-0.4, -0.2) is 25.4 Å². The molecule has 0 atom stereocenters. The average Bonchev–Trinajstić information content (AvgIpc) is 2.46. The van der Waals surface area contributed by atoms with Gasteiger partial charge in [0, 0.05) is 19.2 Å². The molecule has 0 spiro atoms. The first-order valence-electron chi connectivity index (χ1n) is 7.10. The third-order valence-corrected chi connectivity index (χ3v) is 3.40. The third-order valence-electron chi connectivity index (χ3n) is 3.08. The fourth-order valence-electron chi connectivity index (χ4n) is 1.92. The Kier molecular flexibility index (Phi) is 10.6. The van der Waals surface area contributed by atoms with E-state index in [9.17, 15) is 9.59 Å². The number of rotatable bonds is 8. The molecule has 4 N–H and O–H groups in total. The normalized spacial score (nSPS) is 9.77. The number of anilines is 1. The molecular formula is C15H23Cl2N3O2. The molecule has 0 saturated carbocycles. The number of unbranched alkanes of at least 4 members (excludes halogenated alkanes) is 3. The van der Waals surface area contributed by atoms with Crippen molar-refractivity contribution in [2.45, 2.75) is 32.1 Å². The Hall–Kier alpha value is -1.30. The molecule has 7 heteroatoms. The van der Waals surface area contributed by atoms with E-state index in [0.29, 0.717) is 29.2 Å². The van der Waals surface area contributed by atoms with Gasteiger partial charge in [-0.25, -0.2) is 0 Å². The highest BCUT2D eigenvalue weighted by Gasteiger charge is 2.10. The first kappa shape index (κ1) is 20.7. The van der Waals surface area contributed by atoms with Gasteiger partial charge in [-0.3, -0.25) is 9.59 Å². The molecule has 0 radical (unpaired) electrons. The van der Waals surface area contributed by atoms with Crippen LogP contribution in [0.2, 0.25) is 5.02 Å². The van der Waals surface area contributed by atoms with Crippen LogP contribution in [-0.2, 0) is 4.79 Å². The van der Waals surface area contributed by atoms with Crippen molar-refractivity contribution >= 4 is 41.5 Å². The highest BCUT2D eigenvalue weighted by molar-refractivity contribution is 6.34. The molecular weight excluding hydrogens is 325 g/mol. The molecule has 0 fully saturated rings. The van der Waals surface area contributed by atoms with Crippen molar-refractivity contribution < 1.29 is 9.59 Å². The molecule has 1 rings (SSSR count). The van der Waals surface area contributed by atoms with Gasteiger partial charge < -0.3 is 16.4 Å². The fourth-order valence-corrected chi connectivity index (χ4v) is 2.18. The minimum atomic E-state index is -0.252. The van der Waals surface area contributed by atoms with Crippen molar-refractivity contribution in [1.29, 1.82) is 0 Å². The van der Waals surface area contributed by atoms with Gasteiger partial charge in [-0.2, -0.15) is 0 Å². The lowest BCUT2D eigenvalue weighted by Gasteiger charge is -2.08. The Bertz CT molecular complexity index is 496. The first-order chi connectivity index (χ1) is 10.1. The van der Waals surface area contributed by atoms with E-state index in [1.54, 1.807) is 25.2 Å². The molecule has 5 nitrogen and oxygen atoms in total. The molecule has 1 aromatic rings. The highest BCUT2D eigenvalue weighted by atomic mass is 35.5. The van der Waals surface area contributed by atoms with Crippen molar-refractivity contribution in [2.24, 2.45) is 5.73 Å². The lowest BCUT2D eigenvalue weighted by atomic mass is 10.1. The Morgan fingerprint density at radius 3 is 2.45 bits per heavy atom. The predicted molar refractivity (Wildman–Crippen MR) is 92.9 cm³/mol. The number of halogens is 2. The largest absolute Gasteiger partial charge is 0.355 e. The van der Waals surface area contributed by atoms with Gasteiger partial charge in [-0.05, 0) is 37.6 Å². The van der Waals surface area contributed by atoms with E-state index in [2.05, 4.69) is 10.6 Å². The fraction of sp³-hybridized carbons (Fsp3) is 0.467. The SMILES string of the molecule is CNC(=O)c1ccc(NC(=O)CCCCCCN)cc1Cl.Cl. The van der Waals surface area contributed by atoms with Gasteiger partial charge in [0.15, 0.2) is 0 Å². The number of carbonyl (C=O) groups is 2. The van der Waals surface area contributed by atoms with Gasteiger partial charge in [0.05, 0.1) is 10.6 Å². The van der Waals surface area contributed by atoms with Crippen molar-refractivity contribution in [3.8, 4) is 0 Å². The molecule has 0 heterocycles. The standard InChI is InChI=1S/C15H22ClN3O2.ClH/c1-18-15(21)12-8-7-11(10-13(12)16)19-14(20)6-4-2-3-5-9-17;/h7-8,10H,2-6,9,17H2,1H3,(H,18,21)(H,19,20);1H. The zero-order valence-electron chi connectivity index (χ0n) is 12.7. The number of nitrogens with one attached hydrogen (secondary N) is 2. The van der Waals surface area contributed by atoms with E-state index in [0.717, 1.165) is 25.7 Å². The summed E-state index contributed by atoms with van der Waals surface area (Å²) < 4.78 is 0. The summed E-state index contributed by atoms with van der Waals surface area (Å²) in [4.78, 5) is 23.3. The minimum absolute atomic E-state index is 0. The lowest BCUT2D eigenvalue weighted by Crippen LogP contribution is -2.18. The van der Waals surface area contributed by atoms with E-state index < -0.39 is 0 Å². The van der Waals surface area contributed by atoms with Gasteiger partial charge in [-0.15, -0.1) is 12.4 Å². The average molecular weight is 348 g/mol. The second-order valence-electron chi connectivity index (χ2n) is 4.77. The molecule has 0 aromatic heterocycles. The van der Waals surface area contributed by atoms with Gasteiger partial charge in [0.2, 0.25) is 5.91 Å². The van der Waals surface area contributed by atoms with E-state index in [1.165, 1.54) is 0 Å². The summed E-state index contributed by atoms with van der Waals surface area (Å²) in [6.45, 7) is 0.697. The molecule has 124 valence electrons. The number of nitrogens with two attached hydrogens (primary N) is 1. The van der Waals surface area contributed by atoms with Gasteiger partial charge in [-0.1, -0.05) is 24.4 Å². The van der Waals surface area contributed by atoms with Crippen LogP contribution < -0.4 is 16.4 Å². The van der Waals surface area contributed by atoms with Crippen LogP contribution in [0, 0.1) is 0 Å². The summed E-state index contributed by atoms with van der Waals surface area (Å²) in [7, 11) is 1.54. The maximum atomic E-state index is 11.8. The Morgan fingerprint density at radius 1 is 1.18 bits per heavy atom. The van der Waals surface area contributed by atoms with Crippen LogP contribution in [0.4, 0.5) is 5.69 Å².